The fourth-order valence-electron chi connectivity index (χ4n) is 5.51. The highest BCUT2D eigenvalue weighted by Crippen LogP contribution is 2.35. The van der Waals surface area contributed by atoms with Crippen molar-refractivity contribution in [2.75, 3.05) is 0 Å². The molecule has 0 aliphatic carbocycles. The molecule has 0 atom stereocenters. The van der Waals surface area contributed by atoms with Crippen molar-refractivity contribution < 1.29 is 0 Å². The Labute approximate surface area is 223 Å². The molecule has 1 heterocycles. The molecule has 0 fully saturated rings. The van der Waals surface area contributed by atoms with E-state index in [4.69, 9.17) is 0 Å². The molecule has 0 N–H and O–H groups in total. The lowest BCUT2D eigenvalue weighted by atomic mass is 10.0. The summed E-state index contributed by atoms with van der Waals surface area (Å²) < 4.78 is 2.39. The highest BCUT2D eigenvalue weighted by atomic mass is 15.0. The van der Waals surface area contributed by atoms with E-state index in [9.17, 15) is 0 Å². The first-order valence-corrected chi connectivity index (χ1v) is 13.2. The second-order valence-corrected chi connectivity index (χ2v) is 9.86. The van der Waals surface area contributed by atoms with Crippen LogP contribution < -0.4 is 0 Å². The molecule has 1 heteroatoms. The van der Waals surface area contributed by atoms with E-state index in [0.717, 1.165) is 6.42 Å². The van der Waals surface area contributed by atoms with Crippen LogP contribution in [0.2, 0.25) is 0 Å². The third-order valence-corrected chi connectivity index (χ3v) is 7.44. The number of hydrogen-bond acceptors (Lipinski definition) is 0. The van der Waals surface area contributed by atoms with Crippen LogP contribution in [0.5, 0.6) is 0 Å². The smallest absolute Gasteiger partial charge is 0.0541 e. The standard InChI is InChI=1S/C37H27N/c1-3-9-29(10-4-1)31-19-15-27(16-20-31)25-28-17-22-33(23-18-28)38-36-14-8-7-13-34(36)35-26-32(21-24-37(35)38)30-11-5-2-6-12-30/h1-24,26H,25H2. The van der Waals surface area contributed by atoms with Gasteiger partial charge in [0.1, 0.15) is 0 Å². The van der Waals surface area contributed by atoms with E-state index in [-0.39, 0.29) is 0 Å². The summed E-state index contributed by atoms with van der Waals surface area (Å²) in [5.41, 5.74) is 11.3. The van der Waals surface area contributed by atoms with Crippen LogP contribution in [0.15, 0.2) is 152 Å². The van der Waals surface area contributed by atoms with Gasteiger partial charge < -0.3 is 4.57 Å². The van der Waals surface area contributed by atoms with Crippen molar-refractivity contribution in [3.8, 4) is 27.9 Å². The Bertz CT molecular complexity index is 1840. The maximum absolute atomic E-state index is 2.39. The van der Waals surface area contributed by atoms with Gasteiger partial charge in [0.25, 0.3) is 0 Å². The topological polar surface area (TPSA) is 4.93 Å². The van der Waals surface area contributed by atoms with E-state index in [1.807, 2.05) is 0 Å². The van der Waals surface area contributed by atoms with Gasteiger partial charge >= 0.3 is 0 Å². The van der Waals surface area contributed by atoms with Crippen LogP contribution in [0.4, 0.5) is 0 Å². The lowest BCUT2D eigenvalue weighted by molar-refractivity contribution is 1.15. The zero-order chi connectivity index (χ0) is 25.3. The third kappa shape index (κ3) is 4.09. The zero-order valence-corrected chi connectivity index (χ0v) is 21.1. The number of nitrogens with zero attached hydrogens (tertiary/aromatic N) is 1. The van der Waals surface area contributed by atoms with Gasteiger partial charge in [0.05, 0.1) is 11.0 Å². The third-order valence-electron chi connectivity index (χ3n) is 7.44. The first-order valence-electron chi connectivity index (χ1n) is 13.2. The van der Waals surface area contributed by atoms with E-state index < -0.39 is 0 Å². The zero-order valence-electron chi connectivity index (χ0n) is 21.1. The van der Waals surface area contributed by atoms with Crippen LogP contribution in [0.1, 0.15) is 11.1 Å². The van der Waals surface area contributed by atoms with Gasteiger partial charge in [-0.05, 0) is 70.1 Å². The van der Waals surface area contributed by atoms with Crippen LogP contribution in [0.25, 0.3) is 49.7 Å². The molecule has 0 unspecified atom stereocenters. The van der Waals surface area contributed by atoms with Crippen LogP contribution in [-0.4, -0.2) is 4.57 Å². The largest absolute Gasteiger partial charge is 0.309 e. The summed E-state index contributed by atoms with van der Waals surface area (Å²) in [6.45, 7) is 0. The van der Waals surface area contributed by atoms with Gasteiger partial charge in [-0.3, -0.25) is 0 Å². The number of aromatic nitrogens is 1. The van der Waals surface area contributed by atoms with Crippen LogP contribution >= 0.6 is 0 Å². The Kier molecular flexibility index (Phi) is 5.60. The van der Waals surface area contributed by atoms with E-state index in [2.05, 4.69) is 156 Å². The average Bonchev–Trinajstić information content (AvgIpc) is 3.33. The van der Waals surface area contributed by atoms with Crippen molar-refractivity contribution in [3.05, 3.63) is 163 Å². The van der Waals surface area contributed by atoms with Crippen molar-refractivity contribution in [2.45, 2.75) is 6.42 Å². The molecule has 0 aliphatic heterocycles. The predicted molar refractivity (Wildman–Crippen MR) is 161 cm³/mol. The van der Waals surface area contributed by atoms with Gasteiger partial charge in [-0.2, -0.15) is 0 Å². The van der Waals surface area contributed by atoms with E-state index >= 15 is 0 Å². The summed E-state index contributed by atoms with van der Waals surface area (Å²) >= 11 is 0. The van der Waals surface area contributed by atoms with Gasteiger partial charge in [0, 0.05) is 16.5 Å². The molecule has 7 aromatic rings. The van der Waals surface area contributed by atoms with Crippen molar-refractivity contribution >= 4 is 21.8 Å². The maximum atomic E-state index is 2.39. The Morgan fingerprint density at radius 2 is 0.868 bits per heavy atom. The monoisotopic (exact) mass is 485 g/mol. The predicted octanol–water partition coefficient (Wildman–Crippen LogP) is 9.71. The molecule has 38 heavy (non-hydrogen) atoms. The minimum Gasteiger partial charge on any atom is -0.309 e. The summed E-state index contributed by atoms with van der Waals surface area (Å²) in [4.78, 5) is 0. The quantitative estimate of drug-likeness (QED) is 0.229. The fourth-order valence-corrected chi connectivity index (χ4v) is 5.51. The number of para-hydroxylation sites is 1. The first kappa shape index (κ1) is 22.3. The SMILES string of the molecule is c1ccc(-c2ccc(Cc3ccc(-n4c5ccccc5c5cc(-c6ccccc6)ccc54)cc3)cc2)cc1. The van der Waals surface area contributed by atoms with Gasteiger partial charge in [-0.1, -0.05) is 121 Å². The minimum absolute atomic E-state index is 0.920. The second kappa shape index (κ2) is 9.53. The molecule has 1 nitrogen and oxygen atoms in total. The summed E-state index contributed by atoms with van der Waals surface area (Å²) in [5, 5.41) is 2.56. The normalized spacial score (nSPS) is 11.3. The molecule has 0 aliphatic rings. The second-order valence-electron chi connectivity index (χ2n) is 9.86. The highest BCUT2D eigenvalue weighted by molar-refractivity contribution is 6.10. The molecule has 180 valence electrons. The molecule has 0 saturated heterocycles. The van der Waals surface area contributed by atoms with Crippen LogP contribution in [-0.2, 0) is 6.42 Å². The van der Waals surface area contributed by atoms with Crippen LogP contribution in [0, 0.1) is 0 Å². The average molecular weight is 486 g/mol. The molecule has 0 saturated carbocycles. The number of fused-ring (bicyclic) bond motifs is 3. The molecule has 7 rings (SSSR count). The Hall–Kier alpha value is -4.88. The molecule has 0 bridgehead atoms. The Balaban J connectivity index is 1.22. The molecule has 1 aromatic heterocycles. The van der Waals surface area contributed by atoms with Crippen molar-refractivity contribution in [1.29, 1.82) is 0 Å². The molecular weight excluding hydrogens is 458 g/mol. The number of hydrogen-bond donors (Lipinski definition) is 0. The number of rotatable bonds is 5. The highest BCUT2D eigenvalue weighted by Gasteiger charge is 2.13. The van der Waals surface area contributed by atoms with E-state index in [1.54, 1.807) is 0 Å². The van der Waals surface area contributed by atoms with Gasteiger partial charge in [0.2, 0.25) is 0 Å². The van der Waals surface area contributed by atoms with E-state index in [1.165, 1.54) is 60.9 Å². The summed E-state index contributed by atoms with van der Waals surface area (Å²) in [5.74, 6) is 0. The van der Waals surface area contributed by atoms with Crippen molar-refractivity contribution in [2.24, 2.45) is 0 Å². The molecular formula is C37H27N. The van der Waals surface area contributed by atoms with Crippen LogP contribution in [0.3, 0.4) is 0 Å². The fraction of sp³-hybridized carbons (Fsp3) is 0.0270. The number of benzene rings is 6. The van der Waals surface area contributed by atoms with Crippen molar-refractivity contribution in [1.82, 2.24) is 4.57 Å². The molecule has 0 spiro atoms. The van der Waals surface area contributed by atoms with Gasteiger partial charge in [0.15, 0.2) is 0 Å². The molecule has 6 aromatic carbocycles. The van der Waals surface area contributed by atoms with E-state index in [0.29, 0.717) is 0 Å². The lowest BCUT2D eigenvalue weighted by Gasteiger charge is -2.10. The minimum atomic E-state index is 0.920. The Morgan fingerprint density at radius 1 is 0.368 bits per heavy atom. The summed E-state index contributed by atoms with van der Waals surface area (Å²) in [6.07, 6.45) is 0.920. The maximum Gasteiger partial charge on any atom is 0.0541 e. The van der Waals surface area contributed by atoms with Crippen molar-refractivity contribution in [3.63, 3.8) is 0 Å². The van der Waals surface area contributed by atoms with Gasteiger partial charge in [-0.25, -0.2) is 0 Å². The Morgan fingerprint density at radius 3 is 1.55 bits per heavy atom. The van der Waals surface area contributed by atoms with Gasteiger partial charge in [-0.15, -0.1) is 0 Å². The molecule has 0 amide bonds. The summed E-state index contributed by atoms with van der Waals surface area (Å²) in [7, 11) is 0. The lowest BCUT2D eigenvalue weighted by Crippen LogP contribution is -1.95. The summed E-state index contributed by atoms with van der Waals surface area (Å²) in [6, 6.07) is 54.7. The first-order chi connectivity index (χ1) is 18.8. The molecule has 0 radical (unpaired) electrons.